The van der Waals surface area contributed by atoms with E-state index in [0.29, 0.717) is 29.8 Å². The van der Waals surface area contributed by atoms with E-state index in [4.69, 9.17) is 14.2 Å². The van der Waals surface area contributed by atoms with Crippen molar-refractivity contribution in [3.05, 3.63) is 40.5 Å². The Balaban J connectivity index is 1.84. The summed E-state index contributed by atoms with van der Waals surface area (Å²) < 4.78 is 15.9. The van der Waals surface area contributed by atoms with E-state index in [1.54, 1.807) is 6.07 Å². The van der Waals surface area contributed by atoms with Gasteiger partial charge in [0, 0.05) is 17.7 Å². The summed E-state index contributed by atoms with van der Waals surface area (Å²) in [6.07, 6.45) is -0.436. The van der Waals surface area contributed by atoms with E-state index in [0.717, 1.165) is 5.56 Å². The number of fused-ring (bicyclic) bond motifs is 2. The maximum Gasteiger partial charge on any atom is 0.231 e. The van der Waals surface area contributed by atoms with E-state index in [1.165, 1.54) is 13.2 Å². The van der Waals surface area contributed by atoms with E-state index in [2.05, 4.69) is 0 Å². The molecule has 0 fully saturated rings. The number of hydrogen-bond acceptors (Lipinski definition) is 8. The van der Waals surface area contributed by atoms with Crippen LogP contribution >= 0.6 is 0 Å². The summed E-state index contributed by atoms with van der Waals surface area (Å²) in [4.78, 5) is 1.93. The van der Waals surface area contributed by atoms with Gasteiger partial charge in [-0.25, -0.2) is 0 Å². The fourth-order valence-electron chi connectivity index (χ4n) is 4.09. The Labute approximate surface area is 162 Å². The smallest absolute Gasteiger partial charge is 0.231 e. The monoisotopic (exact) mass is 389 g/mol. The highest BCUT2D eigenvalue weighted by Gasteiger charge is 2.38. The Morgan fingerprint density at radius 2 is 2.04 bits per heavy atom. The topological polar surface area (TPSA) is 112 Å². The molecule has 28 heavy (non-hydrogen) atoms. The fraction of sp³-hybridized carbons (Fsp3) is 0.400. The normalized spacial score (nSPS) is 19.4. The van der Waals surface area contributed by atoms with E-state index in [9.17, 15) is 20.4 Å². The zero-order valence-electron chi connectivity index (χ0n) is 15.7. The molecule has 0 bridgehead atoms. The Kier molecular flexibility index (Phi) is 4.70. The van der Waals surface area contributed by atoms with Crippen LogP contribution in [-0.4, -0.2) is 52.8 Å². The molecule has 4 rings (SSSR count). The van der Waals surface area contributed by atoms with Crippen molar-refractivity contribution in [2.45, 2.75) is 25.2 Å². The van der Waals surface area contributed by atoms with Crippen LogP contribution in [0.5, 0.6) is 28.7 Å². The van der Waals surface area contributed by atoms with Gasteiger partial charge in [0.05, 0.1) is 25.9 Å². The van der Waals surface area contributed by atoms with Gasteiger partial charge in [0.15, 0.2) is 23.0 Å². The Morgan fingerprint density at radius 1 is 1.25 bits per heavy atom. The number of hydrogen-bond donors (Lipinski definition) is 4. The van der Waals surface area contributed by atoms with Crippen LogP contribution in [0.15, 0.2) is 18.2 Å². The predicted octanol–water partition coefficient (Wildman–Crippen LogP) is 1.59. The van der Waals surface area contributed by atoms with Crippen molar-refractivity contribution < 1.29 is 34.6 Å². The zero-order valence-corrected chi connectivity index (χ0v) is 15.7. The SMILES string of the molecule is COc1ccc([C@H](O)[C@H]2c3c(cc4c(c3O)OCO4)CCN2C)c(CO)c1O. The highest BCUT2D eigenvalue weighted by Crippen LogP contribution is 2.52. The van der Waals surface area contributed by atoms with Gasteiger partial charge in [-0.1, -0.05) is 6.07 Å². The van der Waals surface area contributed by atoms with Crippen LogP contribution in [0.1, 0.15) is 34.4 Å². The van der Waals surface area contributed by atoms with Crippen molar-refractivity contribution in [1.82, 2.24) is 4.90 Å². The lowest BCUT2D eigenvalue weighted by Gasteiger charge is -2.38. The molecule has 4 N–H and O–H groups in total. The average molecular weight is 389 g/mol. The second-order valence-electron chi connectivity index (χ2n) is 6.99. The van der Waals surface area contributed by atoms with Crippen LogP contribution in [-0.2, 0) is 13.0 Å². The number of methoxy groups -OCH3 is 1. The lowest BCUT2D eigenvalue weighted by Crippen LogP contribution is -2.36. The first-order valence-corrected chi connectivity index (χ1v) is 9.00. The van der Waals surface area contributed by atoms with Gasteiger partial charge in [0.2, 0.25) is 12.5 Å². The third-order valence-corrected chi connectivity index (χ3v) is 5.55. The molecule has 150 valence electrons. The minimum absolute atomic E-state index is 0.0376. The zero-order chi connectivity index (χ0) is 20.0. The summed E-state index contributed by atoms with van der Waals surface area (Å²) in [7, 11) is 3.26. The molecule has 2 atom stereocenters. The molecule has 2 aromatic rings. The molecule has 0 amide bonds. The molecule has 0 saturated carbocycles. The molecule has 0 saturated heterocycles. The number of rotatable bonds is 4. The van der Waals surface area contributed by atoms with Crippen molar-refractivity contribution in [2.24, 2.45) is 0 Å². The molecule has 2 aromatic carbocycles. The first kappa shape index (κ1) is 18.7. The van der Waals surface area contributed by atoms with Gasteiger partial charge in [0.1, 0.15) is 0 Å². The Bertz CT molecular complexity index is 914. The largest absolute Gasteiger partial charge is 0.504 e. The molecule has 0 aliphatic carbocycles. The Morgan fingerprint density at radius 3 is 2.75 bits per heavy atom. The van der Waals surface area contributed by atoms with Gasteiger partial charge in [0.25, 0.3) is 0 Å². The third kappa shape index (κ3) is 2.72. The summed E-state index contributed by atoms with van der Waals surface area (Å²) in [6, 6.07) is 4.39. The standard InChI is InChI=1S/C20H23NO7/c1-21-6-5-10-7-14-20(28-9-27-14)19(25)15(10)16(21)18(24)11-3-4-13(26-2)17(23)12(11)8-22/h3-4,7,16,18,22-25H,5-6,8-9H2,1-2H3/t16-,18+/m1/s1. The van der Waals surface area contributed by atoms with E-state index >= 15 is 0 Å². The van der Waals surface area contributed by atoms with Crippen LogP contribution in [0.2, 0.25) is 0 Å². The highest BCUT2D eigenvalue weighted by atomic mass is 16.7. The summed E-state index contributed by atoms with van der Waals surface area (Å²) in [5, 5.41) is 42.2. The van der Waals surface area contributed by atoms with Crippen LogP contribution in [0.4, 0.5) is 0 Å². The molecular formula is C20H23NO7. The van der Waals surface area contributed by atoms with Gasteiger partial charge in [-0.15, -0.1) is 0 Å². The Hall–Kier alpha value is -2.68. The summed E-state index contributed by atoms with van der Waals surface area (Å²) in [6.45, 7) is 0.228. The molecule has 2 heterocycles. The van der Waals surface area contributed by atoms with Crippen molar-refractivity contribution >= 4 is 0 Å². The van der Waals surface area contributed by atoms with E-state index in [1.807, 2.05) is 18.0 Å². The predicted molar refractivity (Wildman–Crippen MR) is 98.8 cm³/mol. The summed E-state index contributed by atoms with van der Waals surface area (Å²) >= 11 is 0. The van der Waals surface area contributed by atoms with Gasteiger partial charge in [-0.05, 0) is 36.7 Å². The number of phenols is 2. The van der Waals surface area contributed by atoms with Crippen LogP contribution in [0, 0.1) is 0 Å². The average Bonchev–Trinajstić information content (AvgIpc) is 3.16. The first-order chi connectivity index (χ1) is 13.5. The summed E-state index contributed by atoms with van der Waals surface area (Å²) in [5.41, 5.74) is 1.98. The fourth-order valence-corrected chi connectivity index (χ4v) is 4.09. The molecule has 8 heteroatoms. The van der Waals surface area contributed by atoms with E-state index in [-0.39, 0.29) is 35.4 Å². The highest BCUT2D eigenvalue weighted by molar-refractivity contribution is 5.62. The van der Waals surface area contributed by atoms with Crippen molar-refractivity contribution in [1.29, 1.82) is 0 Å². The lowest BCUT2D eigenvalue weighted by atomic mass is 9.84. The number of nitrogens with zero attached hydrogens (tertiary/aromatic N) is 1. The van der Waals surface area contributed by atoms with Gasteiger partial charge in [-0.3, -0.25) is 4.90 Å². The van der Waals surface area contributed by atoms with Crippen molar-refractivity contribution in [3.8, 4) is 28.7 Å². The second kappa shape index (κ2) is 7.05. The van der Waals surface area contributed by atoms with Gasteiger partial charge < -0.3 is 34.6 Å². The number of phenolic OH excluding ortho intramolecular Hbond substituents is 1. The quantitative estimate of drug-likeness (QED) is 0.624. The van der Waals surface area contributed by atoms with Crippen molar-refractivity contribution in [3.63, 3.8) is 0 Å². The molecule has 0 radical (unpaired) electrons. The minimum Gasteiger partial charge on any atom is -0.504 e. The molecule has 2 aliphatic rings. The van der Waals surface area contributed by atoms with Crippen LogP contribution in [0.25, 0.3) is 0 Å². The number of ether oxygens (including phenoxy) is 3. The van der Waals surface area contributed by atoms with Crippen LogP contribution in [0.3, 0.4) is 0 Å². The second-order valence-corrected chi connectivity index (χ2v) is 6.99. The number of aromatic hydroxyl groups is 2. The molecule has 0 unspecified atom stereocenters. The maximum atomic E-state index is 11.2. The maximum absolute atomic E-state index is 11.2. The van der Waals surface area contributed by atoms with Gasteiger partial charge >= 0.3 is 0 Å². The number of likely N-dealkylation sites (N-methyl/N-ethyl adjacent to an activating group) is 1. The molecular weight excluding hydrogens is 366 g/mol. The number of aliphatic hydroxyl groups excluding tert-OH is 2. The minimum atomic E-state index is -1.12. The summed E-state index contributed by atoms with van der Waals surface area (Å²) in [5.74, 6) is 0.709. The molecule has 8 nitrogen and oxygen atoms in total. The number of benzene rings is 2. The van der Waals surface area contributed by atoms with Gasteiger partial charge in [-0.2, -0.15) is 0 Å². The third-order valence-electron chi connectivity index (χ3n) is 5.55. The van der Waals surface area contributed by atoms with Crippen LogP contribution < -0.4 is 14.2 Å². The van der Waals surface area contributed by atoms with Crippen molar-refractivity contribution in [2.75, 3.05) is 27.5 Å². The van der Waals surface area contributed by atoms with E-state index < -0.39 is 18.8 Å². The molecule has 0 spiro atoms. The molecule has 0 aromatic heterocycles. The lowest BCUT2D eigenvalue weighted by molar-refractivity contribution is 0.0524. The number of aliphatic hydroxyl groups is 2. The first-order valence-electron chi connectivity index (χ1n) is 9.00. The molecule has 2 aliphatic heterocycles.